The van der Waals surface area contributed by atoms with E-state index < -0.39 is 0 Å². The zero-order valence-corrected chi connectivity index (χ0v) is 24.1. The van der Waals surface area contributed by atoms with E-state index in [0.29, 0.717) is 11.7 Å². The highest BCUT2D eigenvalue weighted by atomic mass is 16.5. The molecule has 0 aromatic heterocycles. The first-order valence-corrected chi connectivity index (χ1v) is 14.6. The van der Waals surface area contributed by atoms with Gasteiger partial charge in [-0.1, -0.05) is 80.2 Å². The van der Waals surface area contributed by atoms with Crippen molar-refractivity contribution >= 4 is 11.8 Å². The lowest BCUT2D eigenvalue weighted by Crippen LogP contribution is -2.62. The number of carbonyl (C=O) groups is 2. The molecule has 3 fully saturated rings. The number of ketones is 1. The maximum Gasteiger partial charge on any atom is 0.302 e. The van der Waals surface area contributed by atoms with E-state index >= 15 is 0 Å². The minimum absolute atomic E-state index is 0.00363. The van der Waals surface area contributed by atoms with Gasteiger partial charge in [-0.05, 0) is 84.5 Å². The molecule has 35 heavy (non-hydrogen) atoms. The van der Waals surface area contributed by atoms with Crippen LogP contribution in [0.15, 0.2) is 11.6 Å². The van der Waals surface area contributed by atoms with Crippen molar-refractivity contribution < 1.29 is 14.3 Å². The predicted octanol–water partition coefficient (Wildman–Crippen LogP) is 8.16. The molecule has 0 aliphatic heterocycles. The molecular weight excluding hydrogens is 432 g/mol. The smallest absolute Gasteiger partial charge is 0.302 e. The summed E-state index contributed by atoms with van der Waals surface area (Å²) >= 11 is 0. The number of hydrogen-bond acceptors (Lipinski definition) is 3. The highest BCUT2D eigenvalue weighted by Gasteiger charge is 2.69. The van der Waals surface area contributed by atoms with Crippen LogP contribution in [0.3, 0.4) is 0 Å². The van der Waals surface area contributed by atoms with E-state index in [4.69, 9.17) is 4.74 Å². The molecule has 8 atom stereocenters. The fourth-order valence-corrected chi connectivity index (χ4v) is 9.89. The van der Waals surface area contributed by atoms with Crippen LogP contribution in [0.25, 0.3) is 0 Å². The van der Waals surface area contributed by atoms with Crippen LogP contribution in [0.4, 0.5) is 0 Å². The summed E-state index contributed by atoms with van der Waals surface area (Å²) in [7, 11) is 0. The van der Waals surface area contributed by atoms with Gasteiger partial charge in [0.15, 0.2) is 5.78 Å². The maximum atomic E-state index is 14.1. The van der Waals surface area contributed by atoms with Crippen LogP contribution in [-0.2, 0) is 14.3 Å². The zero-order valence-electron chi connectivity index (χ0n) is 24.1. The zero-order chi connectivity index (χ0) is 26.0. The topological polar surface area (TPSA) is 43.4 Å². The lowest BCUT2D eigenvalue weighted by molar-refractivity contribution is -0.168. The summed E-state index contributed by atoms with van der Waals surface area (Å²) in [4.78, 5) is 25.9. The van der Waals surface area contributed by atoms with Gasteiger partial charge in [-0.15, -0.1) is 0 Å². The second-order valence-corrected chi connectivity index (χ2v) is 14.7. The van der Waals surface area contributed by atoms with Crippen molar-refractivity contribution in [2.45, 2.75) is 126 Å². The Bertz CT molecular complexity index is 883. The van der Waals surface area contributed by atoms with E-state index in [1.54, 1.807) is 0 Å². The van der Waals surface area contributed by atoms with E-state index in [2.05, 4.69) is 55.4 Å². The lowest BCUT2D eigenvalue weighted by Gasteiger charge is -2.65. The quantitative estimate of drug-likeness (QED) is 0.357. The molecule has 3 heteroatoms. The van der Waals surface area contributed by atoms with Crippen molar-refractivity contribution in [3.05, 3.63) is 11.6 Å². The molecule has 0 aromatic rings. The van der Waals surface area contributed by atoms with E-state index in [9.17, 15) is 9.59 Å². The molecule has 0 amide bonds. The predicted molar refractivity (Wildman–Crippen MR) is 143 cm³/mol. The Morgan fingerprint density at radius 3 is 2.29 bits per heavy atom. The van der Waals surface area contributed by atoms with Gasteiger partial charge in [0.05, 0.1) is 0 Å². The summed E-state index contributed by atoms with van der Waals surface area (Å²) in [6.07, 6.45) is 12.6. The van der Waals surface area contributed by atoms with Gasteiger partial charge in [0.2, 0.25) is 0 Å². The monoisotopic (exact) mass is 484 g/mol. The third kappa shape index (κ3) is 4.06. The van der Waals surface area contributed by atoms with Crippen molar-refractivity contribution in [1.29, 1.82) is 0 Å². The molecule has 0 saturated heterocycles. The minimum Gasteiger partial charge on any atom is -0.462 e. The SMILES string of the molecule is CC(=O)O[C@H]1CC[C@@H]2C(=CC(=O)[C@@H]3[C@@]2(C)CC[C@]2(C)[C@@H]([C@H](C)CCCC(C)C)CC[C@@]32C)C1(C)C. The number of esters is 1. The Morgan fingerprint density at radius 2 is 1.66 bits per heavy atom. The van der Waals surface area contributed by atoms with Crippen molar-refractivity contribution in [1.82, 2.24) is 0 Å². The van der Waals surface area contributed by atoms with Gasteiger partial charge in [-0.3, -0.25) is 9.59 Å². The molecule has 3 nitrogen and oxygen atoms in total. The van der Waals surface area contributed by atoms with Crippen molar-refractivity contribution in [3.8, 4) is 0 Å². The summed E-state index contributed by atoms with van der Waals surface area (Å²) in [5.41, 5.74) is 1.27. The molecule has 0 unspecified atom stereocenters. The van der Waals surface area contributed by atoms with Crippen LogP contribution in [0.2, 0.25) is 0 Å². The number of hydrogen-bond donors (Lipinski definition) is 0. The Morgan fingerprint density at radius 1 is 0.971 bits per heavy atom. The number of carbonyl (C=O) groups excluding carboxylic acids is 2. The second-order valence-electron chi connectivity index (χ2n) is 14.7. The van der Waals surface area contributed by atoms with Gasteiger partial charge in [-0.2, -0.15) is 0 Å². The molecule has 4 aliphatic carbocycles. The molecule has 0 aromatic carbocycles. The fourth-order valence-electron chi connectivity index (χ4n) is 9.89. The molecule has 4 aliphatic rings. The molecule has 0 N–H and O–H groups in total. The van der Waals surface area contributed by atoms with Gasteiger partial charge in [0.1, 0.15) is 6.10 Å². The van der Waals surface area contributed by atoms with E-state index in [-0.39, 0.29) is 39.7 Å². The Hall–Kier alpha value is -1.12. The van der Waals surface area contributed by atoms with Gasteiger partial charge in [-0.25, -0.2) is 0 Å². The van der Waals surface area contributed by atoms with E-state index in [1.807, 2.05) is 6.08 Å². The molecular formula is C32H52O3. The molecule has 0 radical (unpaired) electrons. The summed E-state index contributed by atoms with van der Waals surface area (Å²) in [6.45, 7) is 20.5. The van der Waals surface area contributed by atoms with Gasteiger partial charge >= 0.3 is 5.97 Å². The normalized spacial score (nSPS) is 43.1. The highest BCUT2D eigenvalue weighted by molar-refractivity contribution is 5.95. The summed E-state index contributed by atoms with van der Waals surface area (Å²) in [5.74, 6) is 2.90. The Balaban J connectivity index is 1.65. The Labute approximate surface area is 215 Å². The highest BCUT2D eigenvalue weighted by Crippen LogP contribution is 2.74. The third-order valence-corrected chi connectivity index (χ3v) is 12.0. The van der Waals surface area contributed by atoms with Crippen LogP contribution in [0.1, 0.15) is 120 Å². The lowest BCUT2D eigenvalue weighted by atomic mass is 9.39. The number of fused-ring (bicyclic) bond motifs is 5. The first kappa shape index (κ1) is 26.9. The largest absolute Gasteiger partial charge is 0.462 e. The van der Waals surface area contributed by atoms with Gasteiger partial charge < -0.3 is 4.74 Å². The fraction of sp³-hybridized carbons (Fsp3) is 0.875. The van der Waals surface area contributed by atoms with Crippen molar-refractivity contribution in [2.24, 2.45) is 51.2 Å². The molecule has 4 rings (SSSR count). The van der Waals surface area contributed by atoms with Crippen LogP contribution in [0, 0.1) is 51.2 Å². The second kappa shape index (κ2) is 9.02. The van der Waals surface area contributed by atoms with Gasteiger partial charge in [0.25, 0.3) is 0 Å². The summed E-state index contributed by atoms with van der Waals surface area (Å²) < 4.78 is 5.76. The molecule has 0 bridgehead atoms. The first-order valence-electron chi connectivity index (χ1n) is 14.6. The summed E-state index contributed by atoms with van der Waals surface area (Å²) in [6, 6.07) is 0. The Kier molecular flexibility index (Phi) is 6.94. The van der Waals surface area contributed by atoms with E-state index in [0.717, 1.165) is 37.0 Å². The first-order chi connectivity index (χ1) is 16.2. The summed E-state index contributed by atoms with van der Waals surface area (Å²) in [5, 5.41) is 0. The van der Waals surface area contributed by atoms with Crippen LogP contribution in [-0.4, -0.2) is 17.9 Å². The standard InChI is InChI=1S/C32H52O3/c1-20(2)11-10-12-21(3)23-15-16-32(9)28-26(34)19-25-24(30(28,7)17-18-31(23,32)8)13-14-27(29(25,5)6)35-22(4)33/h19-21,23-24,27-28H,10-18H2,1-9H3/t21-,23-,24-,27+,28-,30+,31-,32+/m1/s1. The van der Waals surface area contributed by atoms with Crippen LogP contribution < -0.4 is 0 Å². The van der Waals surface area contributed by atoms with E-state index in [1.165, 1.54) is 51.0 Å². The van der Waals surface area contributed by atoms with Crippen molar-refractivity contribution in [3.63, 3.8) is 0 Å². The maximum absolute atomic E-state index is 14.1. The average Bonchev–Trinajstić information content (AvgIpc) is 3.01. The van der Waals surface area contributed by atoms with Crippen LogP contribution in [0.5, 0.6) is 0 Å². The molecule has 198 valence electrons. The van der Waals surface area contributed by atoms with Crippen LogP contribution >= 0.6 is 0 Å². The minimum atomic E-state index is -0.289. The number of ether oxygens (including phenoxy) is 1. The van der Waals surface area contributed by atoms with Crippen molar-refractivity contribution in [2.75, 3.05) is 0 Å². The molecule has 0 heterocycles. The molecule has 0 spiro atoms. The van der Waals surface area contributed by atoms with Gasteiger partial charge in [0, 0.05) is 18.3 Å². The number of rotatable bonds is 6. The third-order valence-electron chi connectivity index (χ3n) is 12.0. The number of allylic oxidation sites excluding steroid dienone is 1. The molecule has 3 saturated carbocycles. The average molecular weight is 485 g/mol.